The van der Waals surface area contributed by atoms with Crippen LogP contribution < -0.4 is 0 Å². The summed E-state index contributed by atoms with van der Waals surface area (Å²) in [6, 6.07) is 3.32. The van der Waals surface area contributed by atoms with Gasteiger partial charge in [0.05, 0.1) is 0 Å². The van der Waals surface area contributed by atoms with Crippen molar-refractivity contribution in [3.8, 4) is 0 Å². The van der Waals surface area contributed by atoms with E-state index in [9.17, 15) is 9.18 Å². The fourth-order valence-electron chi connectivity index (χ4n) is 2.83. The van der Waals surface area contributed by atoms with Gasteiger partial charge in [0.25, 0.3) is 0 Å². The third-order valence-corrected chi connectivity index (χ3v) is 5.07. The number of carbonyl (C=O) groups is 1. The second kappa shape index (κ2) is 7.07. The van der Waals surface area contributed by atoms with Gasteiger partial charge in [0.1, 0.15) is 11.2 Å². The van der Waals surface area contributed by atoms with Crippen LogP contribution in [0.4, 0.5) is 4.39 Å². The number of halogens is 3. The molecule has 1 aromatic carbocycles. The highest BCUT2D eigenvalue weighted by atomic mass is 127. The number of carboxylic acid groups (broad SMARTS) is 1. The van der Waals surface area contributed by atoms with Crippen molar-refractivity contribution in [1.82, 2.24) is 0 Å². The predicted octanol–water partition coefficient (Wildman–Crippen LogP) is 4.71. The molecule has 1 aliphatic carbocycles. The van der Waals surface area contributed by atoms with Crippen LogP contribution in [0.2, 0.25) is 0 Å². The third kappa shape index (κ3) is 3.85. The molecular weight excluding hydrogens is 394 g/mol. The Labute approximate surface area is 136 Å². The van der Waals surface area contributed by atoms with Gasteiger partial charge in [-0.25, -0.2) is 4.39 Å². The first-order chi connectivity index (χ1) is 9.49. The van der Waals surface area contributed by atoms with Crippen molar-refractivity contribution in [1.29, 1.82) is 0 Å². The summed E-state index contributed by atoms with van der Waals surface area (Å²) < 4.78 is 15.2. The van der Waals surface area contributed by atoms with E-state index in [1.54, 1.807) is 0 Å². The van der Waals surface area contributed by atoms with Crippen LogP contribution in [-0.2, 0) is 11.2 Å². The van der Waals surface area contributed by atoms with Gasteiger partial charge in [-0.05, 0) is 65.5 Å². The standard InChI is InChI=1S/C15H17ClFIO2/c16-11(15(19)20)6-9-7-12(17)14(13(18)8-9)10-4-2-1-3-5-10/h7-8,10-11H,1-6H2,(H,19,20). The van der Waals surface area contributed by atoms with E-state index in [2.05, 4.69) is 22.6 Å². The Morgan fingerprint density at radius 1 is 1.40 bits per heavy atom. The Kier molecular flexibility index (Phi) is 5.66. The molecule has 0 heterocycles. The average molecular weight is 411 g/mol. The lowest BCUT2D eigenvalue weighted by atomic mass is 9.83. The quantitative estimate of drug-likeness (QED) is 0.576. The Bertz CT molecular complexity index is 478. The van der Waals surface area contributed by atoms with E-state index in [4.69, 9.17) is 16.7 Å². The summed E-state index contributed by atoms with van der Waals surface area (Å²) in [7, 11) is 0. The van der Waals surface area contributed by atoms with Crippen LogP contribution in [0.25, 0.3) is 0 Å². The smallest absolute Gasteiger partial charge is 0.321 e. The summed E-state index contributed by atoms with van der Waals surface area (Å²) in [5, 5.41) is 7.80. The molecule has 1 unspecified atom stereocenters. The highest BCUT2D eigenvalue weighted by molar-refractivity contribution is 14.1. The molecule has 0 spiro atoms. The number of rotatable bonds is 4. The Balaban J connectivity index is 2.22. The summed E-state index contributed by atoms with van der Waals surface area (Å²) in [6.45, 7) is 0. The molecule has 1 fully saturated rings. The summed E-state index contributed by atoms with van der Waals surface area (Å²) in [5.74, 6) is -0.984. The van der Waals surface area contributed by atoms with Gasteiger partial charge in [-0.1, -0.05) is 19.3 Å². The lowest BCUT2D eigenvalue weighted by molar-refractivity contribution is -0.136. The zero-order valence-electron chi connectivity index (χ0n) is 11.0. The minimum atomic E-state index is -1.07. The molecule has 0 saturated heterocycles. The van der Waals surface area contributed by atoms with Crippen LogP contribution in [0.3, 0.4) is 0 Å². The molecule has 1 N–H and O–H groups in total. The highest BCUT2D eigenvalue weighted by Crippen LogP contribution is 2.37. The maximum absolute atomic E-state index is 14.4. The minimum Gasteiger partial charge on any atom is -0.480 e. The normalized spacial score (nSPS) is 17.9. The first-order valence-corrected chi connectivity index (χ1v) is 8.35. The molecule has 1 saturated carbocycles. The number of alkyl halides is 1. The van der Waals surface area contributed by atoms with Gasteiger partial charge in [-0.15, -0.1) is 11.6 Å². The molecule has 1 aliphatic rings. The van der Waals surface area contributed by atoms with E-state index < -0.39 is 11.3 Å². The maximum atomic E-state index is 14.4. The average Bonchev–Trinajstić information content (AvgIpc) is 2.39. The topological polar surface area (TPSA) is 37.3 Å². The van der Waals surface area contributed by atoms with Gasteiger partial charge in [0.2, 0.25) is 0 Å². The van der Waals surface area contributed by atoms with Gasteiger partial charge in [-0.2, -0.15) is 0 Å². The van der Waals surface area contributed by atoms with Crippen LogP contribution in [0, 0.1) is 9.39 Å². The SMILES string of the molecule is O=C(O)C(Cl)Cc1cc(F)c(C2CCCCC2)c(I)c1. The van der Waals surface area contributed by atoms with Crippen molar-refractivity contribution in [2.45, 2.75) is 49.8 Å². The zero-order valence-corrected chi connectivity index (χ0v) is 14.0. The van der Waals surface area contributed by atoms with Crippen molar-refractivity contribution in [2.75, 3.05) is 0 Å². The first-order valence-electron chi connectivity index (χ1n) is 6.83. The molecule has 2 nitrogen and oxygen atoms in total. The number of aliphatic carboxylic acids is 1. The summed E-state index contributed by atoms with van der Waals surface area (Å²) in [4.78, 5) is 10.8. The molecular formula is C15H17ClFIO2. The van der Waals surface area contributed by atoms with Crippen molar-refractivity contribution in [3.63, 3.8) is 0 Å². The maximum Gasteiger partial charge on any atom is 0.321 e. The number of hydrogen-bond acceptors (Lipinski definition) is 1. The molecule has 110 valence electrons. The largest absolute Gasteiger partial charge is 0.480 e. The van der Waals surface area contributed by atoms with Gasteiger partial charge >= 0.3 is 5.97 Å². The molecule has 0 aliphatic heterocycles. The molecule has 5 heteroatoms. The summed E-state index contributed by atoms with van der Waals surface area (Å²) in [5.41, 5.74) is 1.45. The molecule has 1 aromatic rings. The molecule has 0 aromatic heterocycles. The van der Waals surface area contributed by atoms with Crippen molar-refractivity contribution < 1.29 is 14.3 Å². The minimum absolute atomic E-state index is 0.148. The summed E-state index contributed by atoms with van der Waals surface area (Å²) in [6.07, 6.45) is 5.78. The fourth-order valence-corrected chi connectivity index (χ4v) is 4.11. The van der Waals surface area contributed by atoms with E-state index in [-0.39, 0.29) is 12.2 Å². The van der Waals surface area contributed by atoms with Crippen LogP contribution in [0.5, 0.6) is 0 Å². The van der Waals surface area contributed by atoms with E-state index in [0.717, 1.165) is 34.8 Å². The van der Waals surface area contributed by atoms with Gasteiger partial charge < -0.3 is 5.11 Å². The predicted molar refractivity (Wildman–Crippen MR) is 85.9 cm³/mol. The van der Waals surface area contributed by atoms with Crippen molar-refractivity contribution in [2.24, 2.45) is 0 Å². The molecule has 2 rings (SSSR count). The van der Waals surface area contributed by atoms with E-state index >= 15 is 0 Å². The fraction of sp³-hybridized carbons (Fsp3) is 0.533. The second-order valence-electron chi connectivity index (χ2n) is 5.32. The van der Waals surface area contributed by atoms with Crippen LogP contribution in [-0.4, -0.2) is 16.5 Å². The van der Waals surface area contributed by atoms with Crippen LogP contribution in [0.1, 0.15) is 49.1 Å². The van der Waals surface area contributed by atoms with Gasteiger partial charge in [-0.3, -0.25) is 4.79 Å². The van der Waals surface area contributed by atoms with E-state index in [1.165, 1.54) is 12.5 Å². The van der Waals surface area contributed by atoms with Crippen LogP contribution >= 0.6 is 34.2 Å². The lowest BCUT2D eigenvalue weighted by Gasteiger charge is -2.24. The molecule has 1 atom stereocenters. The second-order valence-corrected chi connectivity index (χ2v) is 7.01. The van der Waals surface area contributed by atoms with Crippen LogP contribution in [0.15, 0.2) is 12.1 Å². The van der Waals surface area contributed by atoms with Gasteiger partial charge in [0.15, 0.2) is 0 Å². The summed E-state index contributed by atoms with van der Waals surface area (Å²) >= 11 is 7.87. The number of hydrogen-bond donors (Lipinski definition) is 1. The van der Waals surface area contributed by atoms with Crippen molar-refractivity contribution >= 4 is 40.2 Å². The van der Waals surface area contributed by atoms with E-state index in [0.29, 0.717) is 11.5 Å². The first kappa shape index (κ1) is 16.0. The Morgan fingerprint density at radius 2 is 2.05 bits per heavy atom. The molecule has 0 amide bonds. The lowest BCUT2D eigenvalue weighted by Crippen LogP contribution is -2.17. The molecule has 0 bridgehead atoms. The Hall–Kier alpha value is -0.360. The monoisotopic (exact) mass is 410 g/mol. The Morgan fingerprint density at radius 3 is 2.60 bits per heavy atom. The highest BCUT2D eigenvalue weighted by Gasteiger charge is 2.23. The number of carboxylic acids is 1. The molecule has 20 heavy (non-hydrogen) atoms. The van der Waals surface area contributed by atoms with E-state index in [1.807, 2.05) is 6.07 Å². The number of benzene rings is 1. The third-order valence-electron chi connectivity index (χ3n) is 3.84. The van der Waals surface area contributed by atoms with Crippen molar-refractivity contribution in [3.05, 3.63) is 32.6 Å². The zero-order chi connectivity index (χ0) is 14.7. The molecule has 0 radical (unpaired) electrons. The van der Waals surface area contributed by atoms with Gasteiger partial charge in [0, 0.05) is 9.13 Å².